The summed E-state index contributed by atoms with van der Waals surface area (Å²) < 4.78 is 29.5. The molecule has 0 radical (unpaired) electrons. The summed E-state index contributed by atoms with van der Waals surface area (Å²) >= 11 is 0. The second kappa shape index (κ2) is 10.7. The Bertz CT molecular complexity index is 1870. The van der Waals surface area contributed by atoms with Crippen molar-refractivity contribution in [1.82, 2.24) is 0 Å². The van der Waals surface area contributed by atoms with E-state index in [-0.39, 0.29) is 17.8 Å². The minimum Gasteiger partial charge on any atom is -0.493 e. The molecule has 0 amide bonds. The van der Waals surface area contributed by atoms with Crippen LogP contribution in [-0.2, 0) is 17.6 Å². The van der Waals surface area contributed by atoms with E-state index in [1.165, 1.54) is 11.8 Å². The predicted molar refractivity (Wildman–Crippen MR) is 158 cm³/mol. The van der Waals surface area contributed by atoms with Crippen LogP contribution in [0.1, 0.15) is 34.6 Å². The Hall–Kier alpha value is -5.04. The highest BCUT2D eigenvalue weighted by Crippen LogP contribution is 2.47. The Kier molecular flexibility index (Phi) is 6.62. The second-order valence-electron chi connectivity index (χ2n) is 10.4. The van der Waals surface area contributed by atoms with E-state index >= 15 is 0 Å². The van der Waals surface area contributed by atoms with Gasteiger partial charge in [0.15, 0.2) is 11.5 Å². The minimum atomic E-state index is -0.474. The molecule has 1 atom stereocenters. The average molecular weight is 561 g/mol. The van der Waals surface area contributed by atoms with Gasteiger partial charge in [-0.25, -0.2) is 0 Å². The molecular formula is C35H28O7. The fourth-order valence-electron chi connectivity index (χ4n) is 5.93. The Labute approximate surface area is 242 Å². The monoisotopic (exact) mass is 560 g/mol. The maximum Gasteiger partial charge on any atom is 0.312 e. The van der Waals surface area contributed by atoms with Crippen LogP contribution < -0.4 is 24.4 Å². The molecule has 7 heteroatoms. The summed E-state index contributed by atoms with van der Waals surface area (Å²) in [6.07, 6.45) is 3.14. The number of para-hydroxylation sites is 1. The number of benzene rings is 4. The quantitative estimate of drug-likeness (QED) is 0.167. The number of rotatable bonds is 7. The molecule has 0 aliphatic carbocycles. The molecule has 210 valence electrons. The van der Waals surface area contributed by atoms with E-state index in [9.17, 15) is 9.59 Å². The molecule has 2 aliphatic rings. The first-order valence-electron chi connectivity index (χ1n) is 14.0. The number of carbonyl (C=O) groups excluding carboxylic acids is 1. The smallest absolute Gasteiger partial charge is 0.312 e. The van der Waals surface area contributed by atoms with Crippen LogP contribution in [0, 0.1) is 0 Å². The molecule has 0 bridgehead atoms. The van der Waals surface area contributed by atoms with Crippen molar-refractivity contribution < 1.29 is 28.2 Å². The largest absolute Gasteiger partial charge is 0.493 e. The Morgan fingerprint density at radius 1 is 0.929 bits per heavy atom. The van der Waals surface area contributed by atoms with Crippen molar-refractivity contribution in [1.29, 1.82) is 0 Å². The summed E-state index contributed by atoms with van der Waals surface area (Å²) in [7, 11) is 1.59. The summed E-state index contributed by atoms with van der Waals surface area (Å²) in [5.74, 6) is 1.58. The molecule has 5 aromatic rings. The highest BCUT2D eigenvalue weighted by atomic mass is 16.5. The van der Waals surface area contributed by atoms with E-state index in [4.69, 9.17) is 23.4 Å². The zero-order valence-corrected chi connectivity index (χ0v) is 23.1. The van der Waals surface area contributed by atoms with Crippen LogP contribution in [0.4, 0.5) is 0 Å². The van der Waals surface area contributed by atoms with Gasteiger partial charge in [-0.2, -0.15) is 0 Å². The molecule has 0 saturated carbocycles. The molecule has 1 aromatic heterocycles. The lowest BCUT2D eigenvalue weighted by Crippen LogP contribution is -2.22. The maximum absolute atomic E-state index is 13.6. The van der Waals surface area contributed by atoms with Gasteiger partial charge in [-0.05, 0) is 41.0 Å². The Balaban J connectivity index is 1.28. The van der Waals surface area contributed by atoms with Gasteiger partial charge in [-0.3, -0.25) is 9.59 Å². The van der Waals surface area contributed by atoms with Crippen molar-refractivity contribution >= 4 is 16.9 Å². The van der Waals surface area contributed by atoms with Crippen molar-refractivity contribution in [2.24, 2.45) is 0 Å². The second-order valence-corrected chi connectivity index (χ2v) is 10.4. The van der Waals surface area contributed by atoms with Gasteiger partial charge in [0.25, 0.3) is 0 Å². The third kappa shape index (κ3) is 4.57. The number of ether oxygens (including phenoxy) is 4. The molecule has 4 aromatic carbocycles. The van der Waals surface area contributed by atoms with Gasteiger partial charge in [0, 0.05) is 29.9 Å². The molecule has 0 saturated heterocycles. The minimum absolute atomic E-state index is 0.0601. The van der Waals surface area contributed by atoms with Crippen LogP contribution >= 0.6 is 0 Å². The standard InChI is InChI=1S/C35H28O7/c1-38-30-9-5-8-24(34(30)40-16-14-21-10-12-28-23(18-21)15-17-39-28)26-19-31(36)42-29-13-11-25-33(37)27(20-41-35(25)32(26)29)22-6-3-2-4-7-22/h2-13,18,20,26H,14-17,19H2,1H3/t26-/m1/s1. The van der Waals surface area contributed by atoms with Crippen molar-refractivity contribution in [2.75, 3.05) is 20.3 Å². The molecular weight excluding hydrogens is 532 g/mol. The topological polar surface area (TPSA) is 84.2 Å². The lowest BCUT2D eigenvalue weighted by molar-refractivity contribution is -0.135. The lowest BCUT2D eigenvalue weighted by Gasteiger charge is -2.27. The summed E-state index contributed by atoms with van der Waals surface area (Å²) in [6.45, 7) is 1.12. The number of methoxy groups -OCH3 is 1. The Morgan fingerprint density at radius 3 is 2.64 bits per heavy atom. The van der Waals surface area contributed by atoms with Gasteiger partial charge in [0.1, 0.15) is 23.3 Å². The number of hydrogen-bond acceptors (Lipinski definition) is 7. The van der Waals surface area contributed by atoms with Gasteiger partial charge < -0.3 is 23.4 Å². The number of fused-ring (bicyclic) bond motifs is 4. The van der Waals surface area contributed by atoms with Crippen molar-refractivity contribution in [3.8, 4) is 34.1 Å². The fraction of sp³-hybridized carbons (Fsp3) is 0.200. The first-order valence-corrected chi connectivity index (χ1v) is 14.0. The molecule has 0 fully saturated rings. The van der Waals surface area contributed by atoms with Gasteiger partial charge in [-0.1, -0.05) is 54.6 Å². The van der Waals surface area contributed by atoms with Gasteiger partial charge in [0.2, 0.25) is 5.43 Å². The maximum atomic E-state index is 13.6. The van der Waals surface area contributed by atoms with E-state index in [0.29, 0.717) is 59.0 Å². The van der Waals surface area contributed by atoms with Crippen molar-refractivity contribution in [2.45, 2.75) is 25.2 Å². The molecule has 42 heavy (non-hydrogen) atoms. The first kappa shape index (κ1) is 25.9. The van der Waals surface area contributed by atoms with Crippen LogP contribution in [0.3, 0.4) is 0 Å². The highest BCUT2D eigenvalue weighted by molar-refractivity contribution is 5.90. The van der Waals surface area contributed by atoms with E-state index in [1.807, 2.05) is 54.6 Å². The number of esters is 1. The summed E-state index contributed by atoms with van der Waals surface area (Å²) in [6, 6.07) is 24.6. The van der Waals surface area contributed by atoms with Gasteiger partial charge in [0.05, 0.1) is 37.7 Å². The van der Waals surface area contributed by atoms with Crippen molar-refractivity contribution in [3.63, 3.8) is 0 Å². The van der Waals surface area contributed by atoms with E-state index in [1.54, 1.807) is 19.2 Å². The van der Waals surface area contributed by atoms with Crippen LogP contribution in [-0.4, -0.2) is 26.3 Å². The van der Waals surface area contributed by atoms with Crippen LogP contribution in [0.5, 0.6) is 23.0 Å². The molecule has 0 unspecified atom stereocenters. The molecule has 7 nitrogen and oxygen atoms in total. The normalized spacial score (nSPS) is 15.5. The van der Waals surface area contributed by atoms with Gasteiger partial charge >= 0.3 is 5.97 Å². The van der Waals surface area contributed by atoms with Crippen LogP contribution in [0.15, 0.2) is 94.3 Å². The third-order valence-corrected chi connectivity index (χ3v) is 7.96. The summed E-state index contributed by atoms with van der Waals surface area (Å²) in [5, 5.41) is 0.420. The van der Waals surface area contributed by atoms with Crippen LogP contribution in [0.2, 0.25) is 0 Å². The van der Waals surface area contributed by atoms with E-state index < -0.39 is 5.92 Å². The zero-order valence-electron chi connectivity index (χ0n) is 23.1. The van der Waals surface area contributed by atoms with Gasteiger partial charge in [-0.15, -0.1) is 0 Å². The third-order valence-electron chi connectivity index (χ3n) is 7.96. The SMILES string of the molecule is COc1cccc([C@H]2CC(=O)Oc3ccc4c(=O)c(-c5ccccc5)coc4c32)c1OCCc1ccc2c(c1)CCO2. The van der Waals surface area contributed by atoms with Crippen molar-refractivity contribution in [3.05, 3.63) is 118 Å². The average Bonchev–Trinajstić information content (AvgIpc) is 3.49. The molecule has 2 aliphatic heterocycles. The fourth-order valence-corrected chi connectivity index (χ4v) is 5.93. The summed E-state index contributed by atoms with van der Waals surface area (Å²) in [4.78, 5) is 26.4. The number of hydrogen-bond donors (Lipinski definition) is 0. The predicted octanol–water partition coefficient (Wildman–Crippen LogP) is 6.47. The highest BCUT2D eigenvalue weighted by Gasteiger charge is 2.34. The van der Waals surface area contributed by atoms with E-state index in [0.717, 1.165) is 28.9 Å². The molecule has 0 N–H and O–H groups in total. The first-order chi connectivity index (χ1) is 20.6. The Morgan fingerprint density at radius 2 is 1.79 bits per heavy atom. The summed E-state index contributed by atoms with van der Waals surface area (Å²) in [5.41, 5.74) is 5.25. The lowest BCUT2D eigenvalue weighted by atomic mass is 9.84. The molecule has 0 spiro atoms. The zero-order chi connectivity index (χ0) is 28.6. The molecule has 7 rings (SSSR count). The molecule has 3 heterocycles. The number of carbonyl (C=O) groups is 1. The van der Waals surface area contributed by atoms with E-state index in [2.05, 4.69) is 12.1 Å². The van der Waals surface area contributed by atoms with Crippen LogP contribution in [0.25, 0.3) is 22.1 Å².